The molecule has 1 aliphatic rings. The number of benzene rings is 1. The molecule has 2 N–H and O–H groups in total. The molecule has 1 aliphatic heterocycles. The summed E-state index contributed by atoms with van der Waals surface area (Å²) in [4.78, 5) is 18.3. The minimum absolute atomic E-state index is 0.0812. The first-order valence-corrected chi connectivity index (χ1v) is 11.9. The summed E-state index contributed by atoms with van der Waals surface area (Å²) >= 11 is 0. The van der Waals surface area contributed by atoms with E-state index in [1.165, 1.54) is 0 Å². The summed E-state index contributed by atoms with van der Waals surface area (Å²) in [5, 5.41) is 23.1. The SMILES string of the molecule is CCC(c1nnnn1CC1CCCO1)N(CCCO)Cc1cc2cc(C)cc(C)c2[nH]c1=O. The van der Waals surface area contributed by atoms with Gasteiger partial charge >= 0.3 is 0 Å². The maximum absolute atomic E-state index is 13.0. The van der Waals surface area contributed by atoms with E-state index in [0.29, 0.717) is 31.6 Å². The first-order chi connectivity index (χ1) is 16.0. The van der Waals surface area contributed by atoms with Crippen LogP contribution in [-0.2, 0) is 17.8 Å². The molecule has 33 heavy (non-hydrogen) atoms. The molecule has 0 bridgehead atoms. The van der Waals surface area contributed by atoms with Crippen LogP contribution >= 0.6 is 0 Å². The average molecular weight is 455 g/mol. The highest BCUT2D eigenvalue weighted by Crippen LogP contribution is 2.26. The van der Waals surface area contributed by atoms with E-state index in [-0.39, 0.29) is 24.3 Å². The highest BCUT2D eigenvalue weighted by molar-refractivity contribution is 5.82. The van der Waals surface area contributed by atoms with Crippen molar-refractivity contribution in [2.75, 3.05) is 19.8 Å². The van der Waals surface area contributed by atoms with E-state index >= 15 is 0 Å². The van der Waals surface area contributed by atoms with Gasteiger partial charge < -0.3 is 14.8 Å². The Kier molecular flexibility index (Phi) is 7.52. The van der Waals surface area contributed by atoms with E-state index in [1.807, 2.05) is 17.7 Å². The van der Waals surface area contributed by atoms with Gasteiger partial charge in [0.15, 0.2) is 5.82 Å². The fourth-order valence-corrected chi connectivity index (χ4v) is 4.85. The van der Waals surface area contributed by atoms with Crippen molar-refractivity contribution in [1.82, 2.24) is 30.1 Å². The van der Waals surface area contributed by atoms with Crippen molar-refractivity contribution in [3.05, 3.63) is 51.1 Å². The average Bonchev–Trinajstić information content (AvgIpc) is 3.46. The van der Waals surface area contributed by atoms with E-state index < -0.39 is 0 Å². The number of aliphatic hydroxyl groups excluding tert-OH is 1. The molecule has 0 spiro atoms. The summed E-state index contributed by atoms with van der Waals surface area (Å²) in [6.07, 6.45) is 3.58. The molecule has 0 amide bonds. The van der Waals surface area contributed by atoms with E-state index in [1.54, 1.807) is 0 Å². The number of fused-ring (bicyclic) bond motifs is 1. The minimum atomic E-state index is -0.0859. The van der Waals surface area contributed by atoms with E-state index in [4.69, 9.17) is 4.74 Å². The van der Waals surface area contributed by atoms with Crippen molar-refractivity contribution < 1.29 is 9.84 Å². The molecule has 1 fully saturated rings. The number of nitrogens with one attached hydrogen (secondary N) is 1. The highest BCUT2D eigenvalue weighted by Gasteiger charge is 2.27. The van der Waals surface area contributed by atoms with Crippen LogP contribution in [0.1, 0.15) is 61.2 Å². The van der Waals surface area contributed by atoms with Gasteiger partial charge in [-0.05, 0) is 73.0 Å². The van der Waals surface area contributed by atoms with Gasteiger partial charge in [0.25, 0.3) is 5.56 Å². The Balaban J connectivity index is 1.65. The van der Waals surface area contributed by atoms with Crippen LogP contribution in [0.15, 0.2) is 23.0 Å². The van der Waals surface area contributed by atoms with E-state index in [9.17, 15) is 9.90 Å². The number of rotatable bonds is 10. The second-order valence-electron chi connectivity index (χ2n) is 9.00. The van der Waals surface area contributed by atoms with Crippen LogP contribution in [0.2, 0.25) is 0 Å². The van der Waals surface area contributed by atoms with Gasteiger partial charge in [-0.3, -0.25) is 9.69 Å². The monoisotopic (exact) mass is 454 g/mol. The van der Waals surface area contributed by atoms with E-state index in [0.717, 1.165) is 53.7 Å². The lowest BCUT2D eigenvalue weighted by Crippen LogP contribution is -2.34. The fourth-order valence-electron chi connectivity index (χ4n) is 4.85. The normalized spacial score (nSPS) is 17.3. The number of ether oxygens (including phenoxy) is 1. The molecule has 2 aromatic heterocycles. The number of tetrazole rings is 1. The third-order valence-electron chi connectivity index (χ3n) is 6.43. The number of hydrogen-bond donors (Lipinski definition) is 2. The Morgan fingerprint density at radius 1 is 1.33 bits per heavy atom. The lowest BCUT2D eigenvalue weighted by molar-refractivity contribution is 0.0888. The molecular weight excluding hydrogens is 420 g/mol. The Labute approximate surface area is 193 Å². The summed E-state index contributed by atoms with van der Waals surface area (Å²) in [6, 6.07) is 6.08. The number of nitrogens with zero attached hydrogens (tertiary/aromatic N) is 5. The fraction of sp³-hybridized carbons (Fsp3) is 0.583. The topological polar surface area (TPSA) is 109 Å². The molecule has 9 nitrogen and oxygen atoms in total. The second-order valence-corrected chi connectivity index (χ2v) is 9.00. The first-order valence-electron chi connectivity index (χ1n) is 11.9. The molecule has 2 unspecified atom stereocenters. The lowest BCUT2D eigenvalue weighted by atomic mass is 10.0. The number of aromatic amines is 1. The number of aromatic nitrogens is 5. The number of aliphatic hydroxyl groups is 1. The lowest BCUT2D eigenvalue weighted by Gasteiger charge is -2.30. The van der Waals surface area contributed by atoms with Crippen molar-refractivity contribution in [3.63, 3.8) is 0 Å². The second kappa shape index (κ2) is 10.5. The number of H-pyrrole nitrogens is 1. The molecule has 0 radical (unpaired) electrons. The maximum Gasteiger partial charge on any atom is 0.252 e. The van der Waals surface area contributed by atoms with Crippen molar-refractivity contribution in [3.8, 4) is 0 Å². The largest absolute Gasteiger partial charge is 0.396 e. The maximum atomic E-state index is 13.0. The van der Waals surface area contributed by atoms with Gasteiger partial charge in [0.2, 0.25) is 0 Å². The van der Waals surface area contributed by atoms with Gasteiger partial charge in [-0.25, -0.2) is 4.68 Å². The molecule has 9 heteroatoms. The zero-order valence-corrected chi connectivity index (χ0v) is 19.8. The van der Waals surface area contributed by atoms with Gasteiger partial charge in [-0.2, -0.15) is 0 Å². The summed E-state index contributed by atoms with van der Waals surface area (Å²) in [6.45, 7) is 8.74. The van der Waals surface area contributed by atoms with Crippen molar-refractivity contribution in [2.24, 2.45) is 0 Å². The first kappa shape index (κ1) is 23.5. The molecule has 178 valence electrons. The number of hydrogen-bond acceptors (Lipinski definition) is 7. The predicted octanol–water partition coefficient (Wildman–Crippen LogP) is 2.65. The zero-order valence-electron chi connectivity index (χ0n) is 19.8. The molecule has 1 aromatic carbocycles. The van der Waals surface area contributed by atoms with Crippen LogP contribution in [0.5, 0.6) is 0 Å². The Morgan fingerprint density at radius 2 is 2.18 bits per heavy atom. The number of aryl methyl sites for hydroxylation is 2. The standard InChI is InChI=1S/C24H34N6O3/c1-4-21(23-26-27-28-30(23)15-20-7-5-10-33-20)29(8-6-9-31)14-19-13-18-12-16(2)11-17(3)22(18)25-24(19)32/h11-13,20-21,31H,4-10,14-15H2,1-3H3,(H,25,32). The van der Waals surface area contributed by atoms with Gasteiger partial charge in [0, 0.05) is 31.9 Å². The Bertz CT molecular complexity index is 1130. The minimum Gasteiger partial charge on any atom is -0.396 e. The summed E-state index contributed by atoms with van der Waals surface area (Å²) in [7, 11) is 0. The predicted molar refractivity (Wildman–Crippen MR) is 126 cm³/mol. The summed E-state index contributed by atoms with van der Waals surface area (Å²) in [5.74, 6) is 0.773. The molecular formula is C24H34N6O3. The molecule has 3 heterocycles. The van der Waals surface area contributed by atoms with E-state index in [2.05, 4.69) is 51.4 Å². The van der Waals surface area contributed by atoms with Gasteiger partial charge in [0.1, 0.15) is 0 Å². The molecule has 4 rings (SSSR count). The van der Waals surface area contributed by atoms with Gasteiger partial charge in [-0.1, -0.05) is 18.6 Å². The van der Waals surface area contributed by atoms with Crippen LogP contribution in [0.4, 0.5) is 0 Å². The van der Waals surface area contributed by atoms with Gasteiger partial charge in [-0.15, -0.1) is 5.10 Å². The van der Waals surface area contributed by atoms with Crippen molar-refractivity contribution in [1.29, 1.82) is 0 Å². The van der Waals surface area contributed by atoms with Crippen molar-refractivity contribution >= 4 is 10.9 Å². The molecule has 0 aliphatic carbocycles. The molecule has 2 atom stereocenters. The van der Waals surface area contributed by atoms with Crippen molar-refractivity contribution in [2.45, 2.75) is 71.7 Å². The molecule has 1 saturated heterocycles. The van der Waals surface area contributed by atoms with Crippen LogP contribution in [-0.4, -0.2) is 61.1 Å². The quantitative estimate of drug-likeness (QED) is 0.485. The molecule has 0 saturated carbocycles. The Morgan fingerprint density at radius 3 is 2.91 bits per heavy atom. The van der Waals surface area contributed by atoms with Crippen LogP contribution < -0.4 is 5.56 Å². The van der Waals surface area contributed by atoms with Crippen LogP contribution in [0.25, 0.3) is 10.9 Å². The third-order valence-corrected chi connectivity index (χ3v) is 6.43. The zero-order chi connectivity index (χ0) is 23.4. The molecule has 3 aromatic rings. The Hall–Kier alpha value is -2.62. The van der Waals surface area contributed by atoms with Gasteiger partial charge in [0.05, 0.1) is 24.2 Å². The third kappa shape index (κ3) is 5.31. The number of pyridine rings is 1. The summed E-state index contributed by atoms with van der Waals surface area (Å²) in [5.41, 5.74) is 3.71. The summed E-state index contributed by atoms with van der Waals surface area (Å²) < 4.78 is 7.62. The van der Waals surface area contributed by atoms with Crippen LogP contribution in [0.3, 0.4) is 0 Å². The highest BCUT2D eigenvalue weighted by atomic mass is 16.5. The van der Waals surface area contributed by atoms with Crippen LogP contribution in [0, 0.1) is 13.8 Å². The smallest absolute Gasteiger partial charge is 0.252 e.